The van der Waals surface area contributed by atoms with Gasteiger partial charge in [0.1, 0.15) is 0 Å². The molecule has 2 fully saturated rings. The molecule has 0 heterocycles. The molecule has 12 heavy (non-hydrogen) atoms. The van der Waals surface area contributed by atoms with Gasteiger partial charge >= 0.3 is 0 Å². The Morgan fingerprint density at radius 3 is 2.58 bits per heavy atom. The highest BCUT2D eigenvalue weighted by molar-refractivity contribution is 5.04. The minimum atomic E-state index is -0.177. The first-order valence-corrected chi connectivity index (χ1v) is 5.14. The summed E-state index contributed by atoms with van der Waals surface area (Å²) in [6.07, 6.45) is 6.41. The van der Waals surface area contributed by atoms with E-state index < -0.39 is 0 Å². The summed E-state index contributed by atoms with van der Waals surface area (Å²) in [7, 11) is 0. The summed E-state index contributed by atoms with van der Waals surface area (Å²) in [6.45, 7) is 1.84. The third-order valence-electron chi connectivity index (χ3n) is 3.30. The van der Waals surface area contributed by atoms with E-state index >= 15 is 0 Å². The molecule has 0 aromatic carbocycles. The molecule has 1 nitrogen and oxygen atoms in total. The second kappa shape index (κ2) is 3.33. The lowest BCUT2D eigenvalue weighted by Gasteiger charge is -2.14. The highest BCUT2D eigenvalue weighted by Crippen LogP contribution is 2.60. The maximum Gasteiger partial charge on any atom is 0.0906 e. The molecule has 0 radical (unpaired) electrons. The molecule has 1 N–H and O–H groups in total. The standard InChI is InChI=1S/C10H18FN/c11-6-1-7-12-8-10(4-5-10)9-2-3-9/h9,12H,1-8H2. The van der Waals surface area contributed by atoms with Crippen molar-refractivity contribution in [3.8, 4) is 0 Å². The van der Waals surface area contributed by atoms with E-state index in [9.17, 15) is 4.39 Å². The van der Waals surface area contributed by atoms with Crippen LogP contribution in [0, 0.1) is 11.3 Å². The van der Waals surface area contributed by atoms with Crippen LogP contribution in [0.1, 0.15) is 32.1 Å². The molecule has 2 aliphatic rings. The van der Waals surface area contributed by atoms with Gasteiger partial charge in [0.25, 0.3) is 0 Å². The van der Waals surface area contributed by atoms with Gasteiger partial charge in [-0.05, 0) is 50.0 Å². The Hall–Kier alpha value is -0.110. The topological polar surface area (TPSA) is 12.0 Å². The Kier molecular flexibility index (Phi) is 2.35. The molecular weight excluding hydrogens is 153 g/mol. The number of alkyl halides is 1. The number of rotatable bonds is 6. The van der Waals surface area contributed by atoms with Gasteiger partial charge in [-0.1, -0.05) is 0 Å². The Bertz CT molecular complexity index is 150. The zero-order valence-electron chi connectivity index (χ0n) is 7.61. The van der Waals surface area contributed by atoms with Crippen molar-refractivity contribution < 1.29 is 4.39 Å². The lowest BCUT2D eigenvalue weighted by atomic mass is 10.0. The predicted octanol–water partition coefficient (Wildman–Crippen LogP) is 2.13. The van der Waals surface area contributed by atoms with E-state index in [-0.39, 0.29) is 6.67 Å². The van der Waals surface area contributed by atoms with Crippen molar-refractivity contribution in [1.29, 1.82) is 0 Å². The SMILES string of the molecule is FCCCNCC1(C2CC2)CC1. The van der Waals surface area contributed by atoms with Crippen LogP contribution >= 0.6 is 0 Å². The fourth-order valence-electron chi connectivity index (χ4n) is 2.11. The fourth-order valence-corrected chi connectivity index (χ4v) is 2.11. The lowest BCUT2D eigenvalue weighted by molar-refractivity contribution is 0.389. The first-order valence-electron chi connectivity index (χ1n) is 5.14. The molecule has 70 valence electrons. The second-order valence-electron chi connectivity index (χ2n) is 4.36. The molecule has 0 unspecified atom stereocenters. The first kappa shape index (κ1) is 8.49. The van der Waals surface area contributed by atoms with Gasteiger partial charge in [0.05, 0.1) is 6.67 Å². The maximum atomic E-state index is 11.8. The lowest BCUT2D eigenvalue weighted by Crippen LogP contribution is -2.26. The minimum absolute atomic E-state index is 0.177. The van der Waals surface area contributed by atoms with Crippen molar-refractivity contribution in [2.75, 3.05) is 19.8 Å². The zero-order chi connectivity index (χ0) is 8.44. The number of nitrogens with one attached hydrogen (secondary N) is 1. The molecule has 0 saturated heterocycles. The van der Waals surface area contributed by atoms with Crippen LogP contribution in [0.15, 0.2) is 0 Å². The van der Waals surface area contributed by atoms with Gasteiger partial charge in [-0.15, -0.1) is 0 Å². The summed E-state index contributed by atoms with van der Waals surface area (Å²) in [5.74, 6) is 1.02. The Morgan fingerprint density at radius 1 is 1.33 bits per heavy atom. The summed E-state index contributed by atoms with van der Waals surface area (Å²) in [5, 5.41) is 3.37. The Balaban J connectivity index is 1.59. The molecule has 0 aromatic heterocycles. The molecule has 2 aliphatic carbocycles. The summed E-state index contributed by atoms with van der Waals surface area (Å²) in [4.78, 5) is 0. The molecular formula is C10H18FN. The monoisotopic (exact) mass is 171 g/mol. The van der Waals surface area contributed by atoms with E-state index in [2.05, 4.69) is 5.32 Å². The van der Waals surface area contributed by atoms with Gasteiger partial charge in [-0.25, -0.2) is 0 Å². The van der Waals surface area contributed by atoms with Crippen LogP contribution in [0.25, 0.3) is 0 Å². The van der Waals surface area contributed by atoms with Gasteiger partial charge in [0.15, 0.2) is 0 Å². The number of halogens is 1. The third kappa shape index (κ3) is 1.79. The first-order chi connectivity index (χ1) is 5.87. The van der Waals surface area contributed by atoms with Crippen LogP contribution in [0.5, 0.6) is 0 Å². The van der Waals surface area contributed by atoms with E-state index in [1.54, 1.807) is 0 Å². The van der Waals surface area contributed by atoms with Crippen LogP contribution in [-0.2, 0) is 0 Å². The molecule has 0 atom stereocenters. The van der Waals surface area contributed by atoms with Gasteiger partial charge < -0.3 is 5.32 Å². The Labute approximate surface area is 73.7 Å². The number of hydrogen-bond acceptors (Lipinski definition) is 1. The minimum Gasteiger partial charge on any atom is -0.316 e. The van der Waals surface area contributed by atoms with E-state index in [1.807, 2.05) is 0 Å². The highest BCUT2D eigenvalue weighted by atomic mass is 19.1. The molecule has 0 spiro atoms. The molecule has 2 rings (SSSR count). The summed E-state index contributed by atoms with van der Waals surface area (Å²) >= 11 is 0. The van der Waals surface area contributed by atoms with Gasteiger partial charge in [0, 0.05) is 6.54 Å². The molecule has 0 aromatic rings. The smallest absolute Gasteiger partial charge is 0.0906 e. The average Bonchev–Trinajstić information content (AvgIpc) is 2.86. The van der Waals surface area contributed by atoms with Crippen LogP contribution in [0.2, 0.25) is 0 Å². The van der Waals surface area contributed by atoms with Crippen molar-refractivity contribution in [3.63, 3.8) is 0 Å². The van der Waals surface area contributed by atoms with Crippen molar-refractivity contribution in [1.82, 2.24) is 5.32 Å². The van der Waals surface area contributed by atoms with Crippen LogP contribution in [0.4, 0.5) is 4.39 Å². The summed E-state index contributed by atoms with van der Waals surface area (Å²) < 4.78 is 11.8. The van der Waals surface area contributed by atoms with Crippen molar-refractivity contribution >= 4 is 0 Å². The second-order valence-corrected chi connectivity index (χ2v) is 4.36. The molecule has 0 aliphatic heterocycles. The quantitative estimate of drug-likeness (QED) is 0.604. The van der Waals surface area contributed by atoms with Crippen LogP contribution < -0.4 is 5.32 Å². The number of hydrogen-bond donors (Lipinski definition) is 1. The van der Waals surface area contributed by atoms with Gasteiger partial charge in [-0.2, -0.15) is 0 Å². The van der Waals surface area contributed by atoms with E-state index in [4.69, 9.17) is 0 Å². The Morgan fingerprint density at radius 2 is 2.08 bits per heavy atom. The van der Waals surface area contributed by atoms with E-state index in [1.165, 1.54) is 25.7 Å². The average molecular weight is 171 g/mol. The predicted molar refractivity (Wildman–Crippen MR) is 47.9 cm³/mol. The third-order valence-corrected chi connectivity index (χ3v) is 3.30. The molecule has 0 amide bonds. The summed E-state index contributed by atoms with van der Waals surface area (Å²) in [5.41, 5.74) is 0.677. The van der Waals surface area contributed by atoms with Crippen molar-refractivity contribution in [2.24, 2.45) is 11.3 Å². The van der Waals surface area contributed by atoms with Crippen LogP contribution in [0.3, 0.4) is 0 Å². The normalized spacial score (nSPS) is 25.8. The summed E-state index contributed by atoms with van der Waals surface area (Å²) in [6, 6.07) is 0. The maximum absolute atomic E-state index is 11.8. The molecule has 0 bridgehead atoms. The van der Waals surface area contributed by atoms with E-state index in [0.29, 0.717) is 11.8 Å². The van der Waals surface area contributed by atoms with Gasteiger partial charge in [-0.3, -0.25) is 4.39 Å². The van der Waals surface area contributed by atoms with Crippen LogP contribution in [-0.4, -0.2) is 19.8 Å². The molecule has 2 saturated carbocycles. The van der Waals surface area contributed by atoms with Crippen molar-refractivity contribution in [3.05, 3.63) is 0 Å². The largest absolute Gasteiger partial charge is 0.316 e. The van der Waals surface area contributed by atoms with E-state index in [0.717, 1.165) is 19.0 Å². The molecule has 2 heteroatoms. The van der Waals surface area contributed by atoms with Crippen molar-refractivity contribution in [2.45, 2.75) is 32.1 Å². The fraction of sp³-hybridized carbons (Fsp3) is 1.00. The zero-order valence-corrected chi connectivity index (χ0v) is 7.61. The van der Waals surface area contributed by atoms with Gasteiger partial charge in [0.2, 0.25) is 0 Å². The highest BCUT2D eigenvalue weighted by Gasteiger charge is 2.52.